The second-order valence-corrected chi connectivity index (χ2v) is 6.70. The molecule has 1 heterocycles. The largest absolute Gasteiger partial charge is 0.481 e. The number of nitrogens with zero attached hydrogens (tertiary/aromatic N) is 1. The third-order valence-corrected chi connectivity index (χ3v) is 4.78. The van der Waals surface area contributed by atoms with E-state index in [1.807, 2.05) is 0 Å². The summed E-state index contributed by atoms with van der Waals surface area (Å²) in [6, 6.07) is 8.29. The summed E-state index contributed by atoms with van der Waals surface area (Å²) in [4.78, 5) is 27.3. The van der Waals surface area contributed by atoms with Crippen LogP contribution in [-0.2, 0) is 4.79 Å². The monoisotopic (exact) mass is 374 g/mol. The number of amides is 1. The molecule has 1 aromatic heterocycles. The molecule has 1 amide bonds. The first-order valence-electron chi connectivity index (χ1n) is 8.44. The SMILES string of the molecule is O=C(NC1CCC(C(=O)O)CC1)c1ccc(Oc2ccncc2)c(Cl)c1. The van der Waals surface area contributed by atoms with Crippen molar-refractivity contribution in [3.63, 3.8) is 0 Å². The fraction of sp³-hybridized carbons (Fsp3) is 0.316. The number of aromatic nitrogens is 1. The van der Waals surface area contributed by atoms with Gasteiger partial charge in [-0.1, -0.05) is 11.6 Å². The number of carbonyl (C=O) groups is 2. The van der Waals surface area contributed by atoms with Crippen molar-refractivity contribution < 1.29 is 19.4 Å². The summed E-state index contributed by atoms with van der Waals surface area (Å²) in [6.45, 7) is 0. The van der Waals surface area contributed by atoms with Crippen LogP contribution in [0.4, 0.5) is 0 Å². The van der Waals surface area contributed by atoms with Crippen LogP contribution < -0.4 is 10.1 Å². The number of nitrogens with one attached hydrogen (secondary N) is 1. The lowest BCUT2D eigenvalue weighted by molar-refractivity contribution is -0.142. The molecule has 1 fully saturated rings. The van der Waals surface area contributed by atoms with Crippen molar-refractivity contribution in [3.05, 3.63) is 53.3 Å². The number of pyridine rings is 1. The molecule has 0 bridgehead atoms. The molecule has 6 nitrogen and oxygen atoms in total. The average Bonchev–Trinajstić information content (AvgIpc) is 2.64. The van der Waals surface area contributed by atoms with Gasteiger partial charge in [0.15, 0.2) is 0 Å². The second-order valence-electron chi connectivity index (χ2n) is 6.29. The molecule has 3 rings (SSSR count). The maximum absolute atomic E-state index is 12.4. The highest BCUT2D eigenvalue weighted by atomic mass is 35.5. The van der Waals surface area contributed by atoms with Crippen LogP contribution in [0.1, 0.15) is 36.0 Å². The molecule has 7 heteroatoms. The van der Waals surface area contributed by atoms with E-state index in [-0.39, 0.29) is 17.9 Å². The Balaban J connectivity index is 1.60. The van der Waals surface area contributed by atoms with Crippen molar-refractivity contribution in [1.82, 2.24) is 10.3 Å². The first-order valence-corrected chi connectivity index (χ1v) is 8.82. The van der Waals surface area contributed by atoms with Crippen LogP contribution in [0.5, 0.6) is 11.5 Å². The lowest BCUT2D eigenvalue weighted by Crippen LogP contribution is -2.38. The maximum atomic E-state index is 12.4. The van der Waals surface area contributed by atoms with E-state index in [1.165, 1.54) is 0 Å². The van der Waals surface area contributed by atoms with Gasteiger partial charge in [0.05, 0.1) is 10.9 Å². The molecular weight excluding hydrogens is 356 g/mol. The minimum absolute atomic E-state index is 0.00961. The zero-order chi connectivity index (χ0) is 18.5. The van der Waals surface area contributed by atoms with Gasteiger partial charge in [-0.15, -0.1) is 0 Å². The number of hydrogen-bond donors (Lipinski definition) is 2. The molecule has 0 saturated heterocycles. The van der Waals surface area contributed by atoms with Crippen LogP contribution in [0, 0.1) is 5.92 Å². The van der Waals surface area contributed by atoms with Crippen molar-refractivity contribution in [2.75, 3.05) is 0 Å². The van der Waals surface area contributed by atoms with E-state index in [1.54, 1.807) is 42.7 Å². The molecule has 0 unspecified atom stereocenters. The van der Waals surface area contributed by atoms with Crippen molar-refractivity contribution in [1.29, 1.82) is 0 Å². The number of carboxylic acid groups (broad SMARTS) is 1. The first kappa shape index (κ1) is 18.2. The Morgan fingerprint density at radius 1 is 1.12 bits per heavy atom. The van der Waals surface area contributed by atoms with Crippen LogP contribution in [0.2, 0.25) is 5.02 Å². The van der Waals surface area contributed by atoms with Crippen molar-refractivity contribution >= 4 is 23.5 Å². The predicted molar refractivity (Wildman–Crippen MR) is 96.6 cm³/mol. The number of aliphatic carboxylic acids is 1. The zero-order valence-electron chi connectivity index (χ0n) is 14.0. The summed E-state index contributed by atoms with van der Waals surface area (Å²) in [5.74, 6) is -0.222. The van der Waals surface area contributed by atoms with Gasteiger partial charge in [-0.25, -0.2) is 0 Å². The third-order valence-electron chi connectivity index (χ3n) is 4.48. The van der Waals surface area contributed by atoms with Gasteiger partial charge in [0.1, 0.15) is 11.5 Å². The fourth-order valence-electron chi connectivity index (χ4n) is 3.01. The smallest absolute Gasteiger partial charge is 0.306 e. The van der Waals surface area contributed by atoms with Crippen LogP contribution in [0.15, 0.2) is 42.7 Å². The van der Waals surface area contributed by atoms with Gasteiger partial charge >= 0.3 is 5.97 Å². The van der Waals surface area contributed by atoms with Crippen molar-refractivity contribution in [2.45, 2.75) is 31.7 Å². The first-order chi connectivity index (χ1) is 12.5. The van der Waals surface area contributed by atoms with Gasteiger partial charge in [0.2, 0.25) is 0 Å². The number of benzene rings is 1. The Morgan fingerprint density at radius 2 is 1.81 bits per heavy atom. The average molecular weight is 375 g/mol. The molecule has 2 aromatic rings. The summed E-state index contributed by atoms with van der Waals surface area (Å²) in [5.41, 5.74) is 0.442. The van der Waals surface area contributed by atoms with E-state index in [9.17, 15) is 9.59 Å². The molecule has 0 radical (unpaired) electrons. The molecule has 1 aromatic carbocycles. The minimum atomic E-state index is -0.758. The summed E-state index contributed by atoms with van der Waals surface area (Å²) in [5, 5.41) is 12.3. The lowest BCUT2D eigenvalue weighted by atomic mass is 9.86. The summed E-state index contributed by atoms with van der Waals surface area (Å²) < 4.78 is 5.67. The summed E-state index contributed by atoms with van der Waals surface area (Å²) >= 11 is 6.23. The van der Waals surface area contributed by atoms with Gasteiger partial charge in [0, 0.05) is 24.0 Å². The lowest BCUT2D eigenvalue weighted by Gasteiger charge is -2.26. The Hall–Kier alpha value is -2.60. The van der Waals surface area contributed by atoms with Crippen LogP contribution in [-0.4, -0.2) is 28.0 Å². The van der Waals surface area contributed by atoms with E-state index in [4.69, 9.17) is 21.4 Å². The number of rotatable bonds is 5. The quantitative estimate of drug-likeness (QED) is 0.828. The maximum Gasteiger partial charge on any atom is 0.306 e. The number of hydrogen-bond acceptors (Lipinski definition) is 4. The van der Waals surface area contributed by atoms with Crippen LogP contribution in [0.25, 0.3) is 0 Å². The highest BCUT2D eigenvalue weighted by Crippen LogP contribution is 2.30. The molecule has 1 aliphatic carbocycles. The van der Waals surface area contributed by atoms with Gasteiger partial charge in [-0.3, -0.25) is 14.6 Å². The topological polar surface area (TPSA) is 88.5 Å². The molecule has 136 valence electrons. The standard InChI is InChI=1S/C19H19ClN2O4/c20-16-11-13(3-6-17(16)26-15-7-9-21-10-8-15)18(23)22-14-4-1-12(2-5-14)19(24)25/h3,6-12,14H,1-2,4-5H2,(H,22,23)(H,24,25). The van der Waals surface area contributed by atoms with E-state index in [2.05, 4.69) is 10.3 Å². The Bertz CT molecular complexity index is 789. The van der Waals surface area contributed by atoms with E-state index in [0.29, 0.717) is 47.8 Å². The molecule has 1 saturated carbocycles. The van der Waals surface area contributed by atoms with E-state index < -0.39 is 5.97 Å². The summed E-state index contributed by atoms with van der Waals surface area (Å²) in [7, 11) is 0. The normalized spacial score (nSPS) is 19.6. The Kier molecular flexibility index (Phi) is 5.73. The van der Waals surface area contributed by atoms with E-state index >= 15 is 0 Å². The molecule has 1 aliphatic rings. The molecule has 26 heavy (non-hydrogen) atoms. The molecular formula is C19H19ClN2O4. The zero-order valence-corrected chi connectivity index (χ0v) is 14.8. The van der Waals surface area contributed by atoms with Crippen LogP contribution in [0.3, 0.4) is 0 Å². The van der Waals surface area contributed by atoms with Crippen molar-refractivity contribution in [2.24, 2.45) is 5.92 Å². The van der Waals surface area contributed by atoms with Crippen molar-refractivity contribution in [3.8, 4) is 11.5 Å². The number of ether oxygens (including phenoxy) is 1. The number of carbonyl (C=O) groups excluding carboxylic acids is 1. The summed E-state index contributed by atoms with van der Waals surface area (Å²) in [6.07, 6.45) is 5.73. The minimum Gasteiger partial charge on any atom is -0.481 e. The predicted octanol–water partition coefficient (Wildman–Crippen LogP) is 3.90. The van der Waals surface area contributed by atoms with Crippen LogP contribution >= 0.6 is 11.6 Å². The Morgan fingerprint density at radius 3 is 2.42 bits per heavy atom. The molecule has 2 N–H and O–H groups in total. The van der Waals surface area contributed by atoms with Gasteiger partial charge in [-0.05, 0) is 56.0 Å². The Labute approximate surface area is 156 Å². The molecule has 0 spiro atoms. The number of halogens is 1. The van der Waals surface area contributed by atoms with Gasteiger partial charge < -0.3 is 15.2 Å². The van der Waals surface area contributed by atoms with E-state index in [0.717, 1.165) is 0 Å². The number of carboxylic acids is 1. The highest BCUT2D eigenvalue weighted by molar-refractivity contribution is 6.32. The molecule has 0 aliphatic heterocycles. The van der Waals surface area contributed by atoms with Gasteiger partial charge in [-0.2, -0.15) is 0 Å². The highest BCUT2D eigenvalue weighted by Gasteiger charge is 2.27. The third kappa shape index (κ3) is 4.52. The second kappa shape index (κ2) is 8.19. The molecule has 0 atom stereocenters. The fourth-order valence-corrected chi connectivity index (χ4v) is 3.23. The van der Waals surface area contributed by atoms with Gasteiger partial charge in [0.25, 0.3) is 5.91 Å².